The van der Waals surface area contributed by atoms with E-state index in [4.69, 9.17) is 9.47 Å². The minimum atomic E-state index is -0.570. The Kier molecular flexibility index (Phi) is 7.71. The second-order valence-corrected chi connectivity index (χ2v) is 15.2. The number of aromatic nitrogens is 1. The average Bonchev–Trinajstić information content (AvgIpc) is 3.83. The van der Waals surface area contributed by atoms with Gasteiger partial charge in [0.25, 0.3) is 5.69 Å². The Labute approximate surface area is 288 Å². The van der Waals surface area contributed by atoms with Crippen molar-refractivity contribution in [3.05, 3.63) is 114 Å². The lowest BCUT2D eigenvalue weighted by Gasteiger charge is -2.43. The first-order chi connectivity index (χ1) is 23.6. The summed E-state index contributed by atoms with van der Waals surface area (Å²) in [6, 6.07) is 18.8. The van der Waals surface area contributed by atoms with Crippen LogP contribution in [0.25, 0.3) is 0 Å². The van der Waals surface area contributed by atoms with Crippen molar-refractivity contribution in [1.82, 2.24) is 4.98 Å². The third kappa shape index (κ3) is 5.09. The first kappa shape index (κ1) is 31.5. The van der Waals surface area contributed by atoms with Crippen LogP contribution in [0.5, 0.6) is 5.75 Å². The molecular formula is C36H31N3O8S2. The molecule has 5 unspecified atom stereocenters. The first-order valence-electron chi connectivity index (χ1n) is 16.2. The standard InChI is InChI=1S/C36H31N3O8S2/c1-3-46-35(42)19-8-10-20(11-9-19)38-33(40)28-23-15-24(29(28)34(38)41)30-27(23)26(31-32(48-30)37-36(43)49-31)22-14-21(39(44)45)12-13-25(22)47-16-18-6-4-17(2)5-7-18/h4-14,23-24,26-30H,3,15-16H2,1-2H3,(H,37,43)/t23-,24-,26?,27?,28?,29?,30?/m1/s1. The van der Waals surface area contributed by atoms with Gasteiger partial charge >= 0.3 is 10.8 Å². The zero-order valence-electron chi connectivity index (χ0n) is 26.5. The molecule has 3 fully saturated rings. The highest BCUT2D eigenvalue weighted by atomic mass is 32.2. The summed E-state index contributed by atoms with van der Waals surface area (Å²) in [5.41, 5.74) is 3.28. The summed E-state index contributed by atoms with van der Waals surface area (Å²) in [4.78, 5) is 69.6. The molecule has 1 aromatic heterocycles. The number of esters is 1. The molecule has 4 aromatic rings. The van der Waals surface area contributed by atoms with Crippen molar-refractivity contribution in [3.63, 3.8) is 0 Å². The number of non-ortho nitro benzene ring substituents is 1. The smallest absolute Gasteiger partial charge is 0.338 e. The van der Waals surface area contributed by atoms with Crippen LogP contribution in [0.3, 0.4) is 0 Å². The van der Waals surface area contributed by atoms with Crippen LogP contribution >= 0.6 is 23.1 Å². The molecule has 49 heavy (non-hydrogen) atoms. The summed E-state index contributed by atoms with van der Waals surface area (Å²) in [7, 11) is 0. The van der Waals surface area contributed by atoms with Crippen LogP contribution in [0.1, 0.15) is 51.2 Å². The van der Waals surface area contributed by atoms with Crippen molar-refractivity contribution < 1.29 is 28.8 Å². The maximum absolute atomic E-state index is 14.2. The number of nitrogens with zero attached hydrogens (tertiary/aromatic N) is 2. The van der Waals surface area contributed by atoms with Crippen LogP contribution in [0.4, 0.5) is 11.4 Å². The van der Waals surface area contributed by atoms with Gasteiger partial charge in [0.1, 0.15) is 12.4 Å². The Balaban J connectivity index is 1.17. The molecule has 13 heteroatoms. The van der Waals surface area contributed by atoms with Crippen LogP contribution in [0.2, 0.25) is 0 Å². The van der Waals surface area contributed by atoms with Gasteiger partial charge < -0.3 is 14.5 Å². The molecular weight excluding hydrogens is 667 g/mol. The number of rotatable bonds is 8. The molecule has 4 aliphatic rings. The number of imide groups is 1. The molecule has 1 saturated heterocycles. The van der Waals surface area contributed by atoms with Gasteiger partial charge in [0.15, 0.2) is 0 Å². The summed E-state index contributed by atoms with van der Waals surface area (Å²) in [6.07, 6.45) is 0.662. The number of thiazole rings is 1. The quantitative estimate of drug-likeness (QED) is 0.1000. The zero-order chi connectivity index (χ0) is 34.1. The van der Waals surface area contributed by atoms with Gasteiger partial charge in [-0.2, -0.15) is 0 Å². The van der Waals surface area contributed by atoms with Gasteiger partial charge in [0, 0.05) is 33.7 Å². The Bertz CT molecular complexity index is 2070. The van der Waals surface area contributed by atoms with E-state index in [0.717, 1.165) is 27.3 Å². The number of hydrogen-bond acceptors (Lipinski definition) is 10. The largest absolute Gasteiger partial charge is 0.489 e. The fourth-order valence-electron chi connectivity index (χ4n) is 8.45. The lowest BCUT2D eigenvalue weighted by atomic mass is 9.68. The van der Waals surface area contributed by atoms with Crippen LogP contribution in [0.15, 0.2) is 76.6 Å². The Morgan fingerprint density at radius 3 is 2.41 bits per heavy atom. The predicted octanol–water partition coefficient (Wildman–Crippen LogP) is 6.09. The van der Waals surface area contributed by atoms with Crippen LogP contribution < -0.4 is 14.5 Å². The van der Waals surface area contributed by atoms with Gasteiger partial charge in [0.05, 0.1) is 39.6 Å². The van der Waals surface area contributed by atoms with E-state index in [-0.39, 0.29) is 58.6 Å². The fraction of sp³-hybridized carbons (Fsp3) is 0.333. The Morgan fingerprint density at radius 2 is 1.71 bits per heavy atom. The monoisotopic (exact) mass is 697 g/mol. The number of aryl methyl sites for hydroxylation is 1. The van der Waals surface area contributed by atoms with E-state index in [9.17, 15) is 29.3 Å². The lowest BCUT2D eigenvalue weighted by molar-refractivity contribution is -0.385. The van der Waals surface area contributed by atoms with Crippen molar-refractivity contribution >= 4 is 52.3 Å². The number of nitrogens with one attached hydrogen (secondary N) is 1. The minimum absolute atomic E-state index is 0.0949. The number of fused-ring (bicyclic) bond motifs is 9. The second-order valence-electron chi connectivity index (χ2n) is 13.0. The molecule has 1 N–H and O–H groups in total. The Morgan fingerprint density at radius 1 is 1.00 bits per heavy atom. The summed E-state index contributed by atoms with van der Waals surface area (Å²) >= 11 is 2.63. The average molecular weight is 698 g/mol. The van der Waals surface area contributed by atoms with Gasteiger partial charge in [-0.25, -0.2) is 4.79 Å². The number of aromatic amines is 1. The van der Waals surface area contributed by atoms with E-state index < -0.39 is 28.6 Å². The number of nitro benzene ring substituents is 1. The zero-order valence-corrected chi connectivity index (χ0v) is 28.1. The van der Waals surface area contributed by atoms with E-state index in [1.165, 1.54) is 11.0 Å². The highest BCUT2D eigenvalue weighted by Gasteiger charge is 2.70. The number of carbonyl (C=O) groups is 3. The van der Waals surface area contributed by atoms with E-state index in [1.807, 2.05) is 31.2 Å². The van der Waals surface area contributed by atoms with Gasteiger partial charge in [-0.3, -0.25) is 29.4 Å². The number of thioether (sulfide) groups is 1. The van der Waals surface area contributed by atoms with Crippen molar-refractivity contribution in [2.45, 2.75) is 43.1 Å². The molecule has 0 spiro atoms. The number of benzene rings is 3. The maximum Gasteiger partial charge on any atom is 0.338 e. The van der Waals surface area contributed by atoms with Crippen LogP contribution in [0, 0.1) is 46.6 Å². The third-order valence-corrected chi connectivity index (χ3v) is 13.0. The number of anilines is 1. The van der Waals surface area contributed by atoms with E-state index in [2.05, 4.69) is 4.98 Å². The van der Waals surface area contributed by atoms with Crippen molar-refractivity contribution in [2.75, 3.05) is 11.5 Å². The molecule has 250 valence electrons. The topological polar surface area (TPSA) is 149 Å². The number of H-pyrrole nitrogens is 1. The van der Waals surface area contributed by atoms with Crippen LogP contribution in [-0.2, 0) is 20.9 Å². The third-order valence-electron chi connectivity index (χ3n) is 10.4. The van der Waals surface area contributed by atoms with Crippen molar-refractivity contribution in [2.24, 2.45) is 29.6 Å². The van der Waals surface area contributed by atoms with E-state index in [0.29, 0.717) is 34.0 Å². The molecule has 3 heterocycles. The SMILES string of the molecule is CCOC(=O)c1ccc(N2C(=O)C3C(C2=O)[C@@H]2C[C@H]3C3Sc4[nH]c(=O)sc4C(c4cc([N+](=O)[O-])ccc4OCc4ccc(C)cc4)C32)cc1. The van der Waals surface area contributed by atoms with Crippen LogP contribution in [-0.4, -0.2) is 39.5 Å². The van der Waals surface area contributed by atoms with Crippen molar-refractivity contribution in [3.8, 4) is 5.75 Å². The molecule has 7 atom stereocenters. The second kappa shape index (κ2) is 12.0. The molecule has 2 aliphatic heterocycles. The maximum atomic E-state index is 14.2. The van der Waals surface area contributed by atoms with E-state index in [1.54, 1.807) is 55.1 Å². The molecule has 2 saturated carbocycles. The van der Waals surface area contributed by atoms with Gasteiger partial charge in [-0.15, -0.1) is 11.8 Å². The number of amides is 2. The summed E-state index contributed by atoms with van der Waals surface area (Å²) in [5.74, 6) is -2.62. The molecule has 2 aliphatic carbocycles. The highest BCUT2D eigenvalue weighted by Crippen LogP contribution is 2.69. The molecule has 2 amide bonds. The summed E-state index contributed by atoms with van der Waals surface area (Å²) in [5, 5.41) is 12.6. The highest BCUT2D eigenvalue weighted by molar-refractivity contribution is 8.00. The summed E-state index contributed by atoms with van der Waals surface area (Å²) in [6.45, 7) is 4.19. The first-order valence-corrected chi connectivity index (χ1v) is 17.9. The molecule has 2 bridgehead atoms. The Hall–Kier alpha value is -4.75. The molecule has 8 rings (SSSR count). The number of nitro groups is 1. The minimum Gasteiger partial charge on any atom is -0.489 e. The van der Waals surface area contributed by atoms with E-state index >= 15 is 0 Å². The number of carbonyl (C=O) groups excluding carboxylic acids is 3. The molecule has 0 radical (unpaired) electrons. The van der Waals surface area contributed by atoms with Gasteiger partial charge in [-0.05, 0) is 73.9 Å². The number of hydrogen-bond donors (Lipinski definition) is 1. The number of ether oxygens (including phenoxy) is 2. The normalized spacial score (nSPS) is 26.3. The van der Waals surface area contributed by atoms with Crippen molar-refractivity contribution in [1.29, 1.82) is 0 Å². The lowest BCUT2D eigenvalue weighted by Crippen LogP contribution is -2.42. The fourth-order valence-corrected chi connectivity index (χ4v) is 11.3. The van der Waals surface area contributed by atoms with Gasteiger partial charge in [-0.1, -0.05) is 41.2 Å². The predicted molar refractivity (Wildman–Crippen MR) is 182 cm³/mol. The molecule has 3 aromatic carbocycles. The summed E-state index contributed by atoms with van der Waals surface area (Å²) < 4.78 is 11.4. The van der Waals surface area contributed by atoms with Gasteiger partial charge in [0.2, 0.25) is 11.8 Å². The molecule has 11 nitrogen and oxygen atoms in total.